The highest BCUT2D eigenvalue weighted by Gasteiger charge is 2.17. The number of fused-ring (bicyclic) bond motifs is 1. The van der Waals surface area contributed by atoms with E-state index in [0.29, 0.717) is 10.6 Å². The number of carbonyl (C=O) groups is 2. The number of hydrogen-bond donors (Lipinski definition) is 1. The minimum Gasteiger partial charge on any atom is -0.326 e. The number of nitrogens with zero attached hydrogens (tertiary/aromatic N) is 3. The van der Waals surface area contributed by atoms with Crippen molar-refractivity contribution < 1.29 is 9.59 Å². The summed E-state index contributed by atoms with van der Waals surface area (Å²) in [5, 5.41) is 11.6. The number of carbonyl (C=O) groups excluding carboxylic acids is 2. The van der Waals surface area contributed by atoms with Gasteiger partial charge in [-0.2, -0.15) is 0 Å². The molecule has 0 bridgehead atoms. The summed E-state index contributed by atoms with van der Waals surface area (Å²) >= 11 is 1.47. The van der Waals surface area contributed by atoms with Crippen molar-refractivity contribution >= 4 is 28.7 Å². The van der Waals surface area contributed by atoms with Gasteiger partial charge < -0.3 is 9.88 Å². The molecule has 0 saturated heterocycles. The molecule has 7 heteroatoms. The van der Waals surface area contributed by atoms with Crippen LogP contribution in [0, 0.1) is 6.92 Å². The van der Waals surface area contributed by atoms with Gasteiger partial charge in [-0.05, 0) is 44.0 Å². The zero-order chi connectivity index (χ0) is 20.2. The van der Waals surface area contributed by atoms with Crippen molar-refractivity contribution in [2.45, 2.75) is 52.0 Å². The maximum Gasteiger partial charge on any atom is 0.224 e. The smallest absolute Gasteiger partial charge is 0.224 e. The lowest BCUT2D eigenvalue weighted by atomic mass is 10.1. The summed E-state index contributed by atoms with van der Waals surface area (Å²) in [4.78, 5) is 26.3. The Morgan fingerprint density at radius 2 is 2.00 bits per heavy atom. The van der Waals surface area contributed by atoms with E-state index in [4.69, 9.17) is 0 Å². The molecule has 0 fully saturated rings. The van der Waals surface area contributed by atoms with Gasteiger partial charge in [-0.1, -0.05) is 18.6 Å². The molecule has 29 heavy (non-hydrogen) atoms. The number of thiophene rings is 1. The van der Waals surface area contributed by atoms with E-state index in [2.05, 4.69) is 20.1 Å². The summed E-state index contributed by atoms with van der Waals surface area (Å²) in [6, 6.07) is 11.4. The van der Waals surface area contributed by atoms with Crippen LogP contribution in [0.5, 0.6) is 0 Å². The van der Waals surface area contributed by atoms with Crippen LogP contribution in [-0.2, 0) is 17.8 Å². The highest BCUT2D eigenvalue weighted by Crippen LogP contribution is 2.25. The van der Waals surface area contributed by atoms with E-state index in [1.807, 2.05) is 43.3 Å². The summed E-state index contributed by atoms with van der Waals surface area (Å²) < 4.78 is 2.19. The van der Waals surface area contributed by atoms with Gasteiger partial charge >= 0.3 is 0 Å². The Balaban J connectivity index is 1.41. The number of rotatable bonds is 6. The third-order valence-electron chi connectivity index (χ3n) is 5.11. The minimum atomic E-state index is -0.163. The molecule has 1 aromatic carbocycles. The Morgan fingerprint density at radius 1 is 1.10 bits per heavy atom. The summed E-state index contributed by atoms with van der Waals surface area (Å²) in [5.41, 5.74) is 1.64. The largest absolute Gasteiger partial charge is 0.326 e. The van der Waals surface area contributed by atoms with E-state index < -0.39 is 0 Å². The van der Waals surface area contributed by atoms with Crippen LogP contribution in [0.15, 0.2) is 36.4 Å². The average molecular weight is 409 g/mol. The van der Waals surface area contributed by atoms with Crippen LogP contribution in [-0.4, -0.2) is 26.5 Å². The topological polar surface area (TPSA) is 76.9 Å². The fourth-order valence-electron chi connectivity index (χ4n) is 3.59. The first-order valence-corrected chi connectivity index (χ1v) is 10.8. The van der Waals surface area contributed by atoms with Gasteiger partial charge in [0, 0.05) is 41.9 Å². The van der Waals surface area contributed by atoms with E-state index in [-0.39, 0.29) is 24.5 Å². The molecule has 2 aromatic heterocycles. The number of ketones is 1. The Labute approximate surface area is 174 Å². The first-order chi connectivity index (χ1) is 14.1. The average Bonchev–Trinajstić information content (AvgIpc) is 3.26. The summed E-state index contributed by atoms with van der Waals surface area (Å²) in [6.07, 6.45) is 4.83. The number of amides is 1. The molecule has 1 aliphatic rings. The lowest BCUT2D eigenvalue weighted by molar-refractivity contribution is -0.116. The number of aromatic nitrogens is 3. The molecule has 0 radical (unpaired) electrons. The molecule has 150 valence electrons. The van der Waals surface area contributed by atoms with Crippen LogP contribution >= 0.6 is 11.3 Å². The molecule has 1 amide bonds. The molecule has 0 aliphatic carbocycles. The van der Waals surface area contributed by atoms with Crippen molar-refractivity contribution in [1.82, 2.24) is 14.8 Å². The molecular weight excluding hydrogens is 384 g/mol. The van der Waals surface area contributed by atoms with Crippen LogP contribution in [0.25, 0.3) is 11.4 Å². The van der Waals surface area contributed by atoms with E-state index >= 15 is 0 Å². The molecule has 6 nitrogen and oxygen atoms in total. The lowest BCUT2D eigenvalue weighted by Gasteiger charge is -2.09. The van der Waals surface area contributed by atoms with E-state index in [0.717, 1.165) is 47.9 Å². The van der Waals surface area contributed by atoms with Crippen molar-refractivity contribution in [3.05, 3.63) is 52.0 Å². The minimum absolute atomic E-state index is 0.0122. The van der Waals surface area contributed by atoms with Gasteiger partial charge in [0.25, 0.3) is 0 Å². The van der Waals surface area contributed by atoms with Crippen LogP contribution in [0.1, 0.15) is 52.5 Å². The molecule has 1 aliphatic heterocycles. The number of Topliss-reactive ketones (excluding diaryl/α,β-unsaturated/α-hetero) is 1. The number of benzene rings is 1. The molecule has 0 saturated carbocycles. The zero-order valence-corrected chi connectivity index (χ0v) is 17.3. The summed E-state index contributed by atoms with van der Waals surface area (Å²) in [7, 11) is 0. The second kappa shape index (κ2) is 8.69. The fourth-order valence-corrected chi connectivity index (χ4v) is 4.43. The third-order valence-corrected chi connectivity index (χ3v) is 6.15. The van der Waals surface area contributed by atoms with Gasteiger partial charge in [-0.25, -0.2) is 0 Å². The summed E-state index contributed by atoms with van der Waals surface area (Å²) in [5.74, 6) is 1.73. The molecular formula is C22H24N4O2S. The quantitative estimate of drug-likeness (QED) is 0.603. The molecule has 4 rings (SSSR count). The molecule has 1 N–H and O–H groups in total. The van der Waals surface area contributed by atoms with Crippen LogP contribution in [0.4, 0.5) is 5.69 Å². The monoisotopic (exact) mass is 408 g/mol. The number of aryl methyl sites for hydroxylation is 2. The van der Waals surface area contributed by atoms with Gasteiger partial charge in [0.1, 0.15) is 5.82 Å². The van der Waals surface area contributed by atoms with Crippen LogP contribution in [0.2, 0.25) is 0 Å². The molecule has 3 heterocycles. The van der Waals surface area contributed by atoms with Gasteiger partial charge in [-0.15, -0.1) is 21.5 Å². The van der Waals surface area contributed by atoms with Gasteiger partial charge in [0.2, 0.25) is 5.91 Å². The second-order valence-electron chi connectivity index (χ2n) is 7.36. The Kier molecular flexibility index (Phi) is 5.85. The number of anilines is 1. The van der Waals surface area contributed by atoms with Gasteiger partial charge in [0.05, 0.1) is 4.88 Å². The zero-order valence-electron chi connectivity index (χ0n) is 16.5. The van der Waals surface area contributed by atoms with E-state index in [1.54, 1.807) is 0 Å². The van der Waals surface area contributed by atoms with Gasteiger partial charge in [0.15, 0.2) is 11.6 Å². The number of hydrogen-bond acceptors (Lipinski definition) is 5. The fraction of sp³-hybridized carbons (Fsp3) is 0.364. The van der Waals surface area contributed by atoms with E-state index in [9.17, 15) is 9.59 Å². The highest BCUT2D eigenvalue weighted by molar-refractivity contribution is 7.14. The normalized spacial score (nSPS) is 13.6. The van der Waals surface area contributed by atoms with Crippen LogP contribution in [0.3, 0.4) is 0 Å². The van der Waals surface area contributed by atoms with E-state index in [1.165, 1.54) is 17.8 Å². The standard InChI is InChI=1S/C22H24N4O2S/c1-15-9-11-19(29-15)18(27)10-12-21(28)23-17-7-5-6-16(14-17)22-25-24-20-8-3-2-4-13-26(20)22/h5-7,9,11,14H,2-4,8,10,12-13H2,1H3,(H,23,28). The molecule has 0 unspecified atom stereocenters. The molecule has 3 aromatic rings. The Bertz CT molecular complexity index is 1040. The third kappa shape index (κ3) is 4.62. The lowest BCUT2D eigenvalue weighted by Crippen LogP contribution is -2.13. The summed E-state index contributed by atoms with van der Waals surface area (Å²) in [6.45, 7) is 2.90. The van der Waals surface area contributed by atoms with Crippen molar-refractivity contribution in [1.29, 1.82) is 0 Å². The predicted octanol–water partition coefficient (Wildman–Crippen LogP) is 4.64. The first kappa shape index (κ1) is 19.5. The number of nitrogens with one attached hydrogen (secondary N) is 1. The Hall–Kier alpha value is -2.80. The maximum atomic E-state index is 12.3. The molecule has 0 spiro atoms. The van der Waals surface area contributed by atoms with Crippen molar-refractivity contribution in [3.63, 3.8) is 0 Å². The molecule has 0 atom stereocenters. The second-order valence-corrected chi connectivity index (χ2v) is 8.65. The van der Waals surface area contributed by atoms with Crippen molar-refractivity contribution in [2.75, 3.05) is 5.32 Å². The predicted molar refractivity (Wildman–Crippen MR) is 114 cm³/mol. The SMILES string of the molecule is Cc1ccc(C(=O)CCC(=O)Nc2cccc(-c3nnc4n3CCCCC4)c2)s1. The maximum absolute atomic E-state index is 12.3. The van der Waals surface area contributed by atoms with Crippen molar-refractivity contribution in [2.24, 2.45) is 0 Å². The van der Waals surface area contributed by atoms with Crippen molar-refractivity contribution in [3.8, 4) is 11.4 Å². The highest BCUT2D eigenvalue weighted by atomic mass is 32.1. The first-order valence-electron chi connectivity index (χ1n) is 10.0. The van der Waals surface area contributed by atoms with Gasteiger partial charge in [-0.3, -0.25) is 9.59 Å². The van der Waals surface area contributed by atoms with Crippen LogP contribution < -0.4 is 5.32 Å². The Morgan fingerprint density at radius 3 is 2.83 bits per heavy atom.